The minimum absolute atomic E-state index is 0.0642. The molecule has 3 rings (SSSR count). The number of rotatable bonds is 4. The van der Waals surface area contributed by atoms with E-state index in [1.54, 1.807) is 18.2 Å². The lowest BCUT2D eigenvalue weighted by atomic mass is 10.2. The van der Waals surface area contributed by atoms with Crippen LogP contribution in [0.3, 0.4) is 0 Å². The molecule has 1 aromatic carbocycles. The third-order valence-corrected chi connectivity index (χ3v) is 3.32. The molecule has 122 valence electrons. The van der Waals surface area contributed by atoms with E-state index in [9.17, 15) is 18.8 Å². The number of para-hydroxylation sites is 1. The van der Waals surface area contributed by atoms with Crippen molar-refractivity contribution in [2.45, 2.75) is 6.54 Å². The molecule has 24 heavy (non-hydrogen) atoms. The molecule has 8 heteroatoms. The maximum Gasteiger partial charge on any atom is 0.328 e. The molecule has 0 saturated carbocycles. The summed E-state index contributed by atoms with van der Waals surface area (Å²) < 4.78 is 19.5. The number of benzene rings is 1. The van der Waals surface area contributed by atoms with Gasteiger partial charge in [0.25, 0.3) is 11.5 Å². The molecule has 0 aliphatic heterocycles. The van der Waals surface area contributed by atoms with Crippen LogP contribution in [0.25, 0.3) is 0 Å². The van der Waals surface area contributed by atoms with Gasteiger partial charge in [0, 0.05) is 6.20 Å². The van der Waals surface area contributed by atoms with Crippen molar-refractivity contribution in [3.05, 3.63) is 86.8 Å². The summed E-state index contributed by atoms with van der Waals surface area (Å²) in [7, 11) is 0. The molecule has 0 fully saturated rings. The van der Waals surface area contributed by atoms with Crippen LogP contribution in [0.2, 0.25) is 0 Å². The lowest BCUT2D eigenvalue weighted by Crippen LogP contribution is -2.39. The van der Waals surface area contributed by atoms with Crippen LogP contribution >= 0.6 is 0 Å². The van der Waals surface area contributed by atoms with Gasteiger partial charge in [0.2, 0.25) is 0 Å². The number of amides is 1. The van der Waals surface area contributed by atoms with Gasteiger partial charge in [0.1, 0.15) is 17.1 Å². The molecule has 0 radical (unpaired) electrons. The second-order valence-corrected chi connectivity index (χ2v) is 4.91. The topological polar surface area (TPSA) is 97.1 Å². The third-order valence-electron chi connectivity index (χ3n) is 3.32. The molecular weight excluding hydrogens is 317 g/mol. The first-order valence-electron chi connectivity index (χ1n) is 6.97. The van der Waals surface area contributed by atoms with E-state index in [2.05, 4.69) is 10.3 Å². The number of aromatic nitrogens is 2. The summed E-state index contributed by atoms with van der Waals surface area (Å²) in [6.45, 7) is -0.123. The van der Waals surface area contributed by atoms with Crippen molar-refractivity contribution in [3.8, 4) is 0 Å². The van der Waals surface area contributed by atoms with Crippen LogP contribution in [0.1, 0.15) is 16.1 Å². The van der Waals surface area contributed by atoms with Gasteiger partial charge in [-0.05, 0) is 24.3 Å². The van der Waals surface area contributed by atoms with Gasteiger partial charge in [-0.1, -0.05) is 12.1 Å². The molecule has 0 aliphatic rings. The third kappa shape index (κ3) is 3.02. The highest BCUT2D eigenvalue weighted by Crippen LogP contribution is 2.13. The quantitative estimate of drug-likeness (QED) is 0.759. The van der Waals surface area contributed by atoms with Crippen molar-refractivity contribution in [2.24, 2.45) is 0 Å². The average molecular weight is 329 g/mol. The molecule has 0 spiro atoms. The van der Waals surface area contributed by atoms with E-state index in [1.807, 2.05) is 0 Å². The van der Waals surface area contributed by atoms with Crippen molar-refractivity contribution >= 4 is 11.6 Å². The number of halogens is 1. The van der Waals surface area contributed by atoms with Crippen LogP contribution in [0.4, 0.5) is 10.1 Å². The number of carbonyl (C=O) groups is 1. The SMILES string of the molecule is O=C(Nc1ccccc1F)c1c[nH]c(=O)n(Cc2ccco2)c1=O. The van der Waals surface area contributed by atoms with Crippen LogP contribution in [-0.2, 0) is 6.54 Å². The molecule has 0 atom stereocenters. The summed E-state index contributed by atoms with van der Waals surface area (Å²) in [6.07, 6.45) is 2.41. The summed E-state index contributed by atoms with van der Waals surface area (Å²) in [5.74, 6) is -1.07. The van der Waals surface area contributed by atoms with Gasteiger partial charge in [-0.2, -0.15) is 0 Å². The first-order chi connectivity index (χ1) is 11.6. The smallest absolute Gasteiger partial charge is 0.328 e. The van der Waals surface area contributed by atoms with Crippen LogP contribution in [0.5, 0.6) is 0 Å². The predicted octanol–water partition coefficient (Wildman–Crippen LogP) is 1.57. The number of anilines is 1. The van der Waals surface area contributed by atoms with Crippen molar-refractivity contribution in [3.63, 3.8) is 0 Å². The second-order valence-electron chi connectivity index (χ2n) is 4.91. The number of nitrogens with zero attached hydrogens (tertiary/aromatic N) is 1. The Labute approximate surface area is 134 Å². The van der Waals surface area contributed by atoms with Crippen LogP contribution in [0.15, 0.2) is 62.9 Å². The first-order valence-corrected chi connectivity index (χ1v) is 6.97. The lowest BCUT2D eigenvalue weighted by Gasteiger charge is -2.07. The van der Waals surface area contributed by atoms with Crippen molar-refractivity contribution < 1.29 is 13.6 Å². The molecular formula is C16H12FN3O4. The molecule has 0 saturated heterocycles. The first kappa shape index (κ1) is 15.5. The largest absolute Gasteiger partial charge is 0.467 e. The van der Waals surface area contributed by atoms with E-state index < -0.39 is 23.0 Å². The van der Waals surface area contributed by atoms with Crippen LogP contribution in [-0.4, -0.2) is 15.5 Å². The maximum atomic E-state index is 13.6. The highest BCUT2D eigenvalue weighted by atomic mass is 19.1. The Balaban J connectivity index is 1.94. The van der Waals surface area contributed by atoms with Crippen molar-refractivity contribution in [1.29, 1.82) is 0 Å². The standard InChI is InChI=1S/C16H12FN3O4/c17-12-5-1-2-6-13(12)19-14(21)11-8-18-16(23)20(15(11)22)9-10-4-3-7-24-10/h1-8H,9H2,(H,18,23)(H,19,21). The molecule has 2 aromatic heterocycles. The molecule has 2 N–H and O–H groups in total. The van der Waals surface area contributed by atoms with Gasteiger partial charge < -0.3 is 14.7 Å². The van der Waals surface area contributed by atoms with E-state index >= 15 is 0 Å². The summed E-state index contributed by atoms with van der Waals surface area (Å²) in [6, 6.07) is 8.77. The van der Waals surface area contributed by atoms with Gasteiger partial charge >= 0.3 is 5.69 Å². The number of hydrogen-bond donors (Lipinski definition) is 2. The van der Waals surface area contributed by atoms with Gasteiger partial charge in [-0.3, -0.25) is 14.2 Å². The van der Waals surface area contributed by atoms with Gasteiger partial charge in [-0.25, -0.2) is 9.18 Å². The number of hydrogen-bond acceptors (Lipinski definition) is 4. The molecule has 0 aliphatic carbocycles. The minimum atomic E-state index is -0.824. The molecule has 1 amide bonds. The summed E-state index contributed by atoms with van der Waals surface area (Å²) in [4.78, 5) is 38.7. The van der Waals surface area contributed by atoms with E-state index in [1.165, 1.54) is 24.5 Å². The molecule has 7 nitrogen and oxygen atoms in total. The number of H-pyrrole nitrogens is 1. The number of carbonyl (C=O) groups excluding carboxylic acids is 1. The Morgan fingerprint density at radius 1 is 1.21 bits per heavy atom. The van der Waals surface area contributed by atoms with Gasteiger partial charge in [0.15, 0.2) is 0 Å². The highest BCUT2D eigenvalue weighted by molar-refractivity contribution is 6.03. The normalized spacial score (nSPS) is 10.5. The number of aromatic amines is 1. The fraction of sp³-hybridized carbons (Fsp3) is 0.0625. The van der Waals surface area contributed by atoms with Crippen LogP contribution < -0.4 is 16.6 Å². The van der Waals surface area contributed by atoms with E-state index in [0.29, 0.717) is 5.76 Å². The van der Waals surface area contributed by atoms with E-state index in [4.69, 9.17) is 4.42 Å². The molecule has 0 unspecified atom stereocenters. The zero-order valence-electron chi connectivity index (χ0n) is 12.3. The van der Waals surface area contributed by atoms with Gasteiger partial charge in [-0.15, -0.1) is 0 Å². The number of furan rings is 1. The summed E-state index contributed by atoms with van der Waals surface area (Å²) >= 11 is 0. The fourth-order valence-corrected chi connectivity index (χ4v) is 2.13. The Morgan fingerprint density at radius 3 is 2.71 bits per heavy atom. The van der Waals surface area contributed by atoms with E-state index in [-0.39, 0.29) is 17.8 Å². The predicted molar refractivity (Wildman–Crippen MR) is 83.5 cm³/mol. The maximum absolute atomic E-state index is 13.6. The highest BCUT2D eigenvalue weighted by Gasteiger charge is 2.16. The fourth-order valence-electron chi connectivity index (χ4n) is 2.13. The van der Waals surface area contributed by atoms with Crippen molar-refractivity contribution in [2.75, 3.05) is 5.32 Å². The van der Waals surface area contributed by atoms with Crippen molar-refractivity contribution in [1.82, 2.24) is 9.55 Å². The Morgan fingerprint density at radius 2 is 2.00 bits per heavy atom. The van der Waals surface area contributed by atoms with Crippen LogP contribution in [0, 0.1) is 5.82 Å². The molecule has 3 aromatic rings. The zero-order chi connectivity index (χ0) is 17.1. The zero-order valence-corrected chi connectivity index (χ0v) is 12.3. The monoisotopic (exact) mass is 329 g/mol. The Kier molecular flexibility index (Phi) is 4.11. The van der Waals surface area contributed by atoms with E-state index in [0.717, 1.165) is 10.8 Å². The lowest BCUT2D eigenvalue weighted by molar-refractivity contribution is 0.102. The summed E-state index contributed by atoms with van der Waals surface area (Å²) in [5.41, 5.74) is -1.86. The Bertz CT molecular complexity index is 989. The average Bonchev–Trinajstić information content (AvgIpc) is 3.06. The Hall–Kier alpha value is -3.42. The second kappa shape index (κ2) is 6.37. The summed E-state index contributed by atoms with van der Waals surface area (Å²) in [5, 5.41) is 2.30. The molecule has 0 bridgehead atoms. The van der Waals surface area contributed by atoms with Gasteiger partial charge in [0.05, 0.1) is 18.5 Å². The number of nitrogens with one attached hydrogen (secondary N) is 2. The molecule has 2 heterocycles. The minimum Gasteiger partial charge on any atom is -0.467 e.